The number of Topliss-reactive ketones (excluding diaryl/α,β-unsaturated/α-hetero) is 1. The summed E-state index contributed by atoms with van der Waals surface area (Å²) in [7, 11) is 1.60. The average molecular weight is 386 g/mol. The molecule has 2 heterocycles. The van der Waals surface area contributed by atoms with Crippen LogP contribution < -0.4 is 4.74 Å². The van der Waals surface area contributed by atoms with E-state index in [1.807, 2.05) is 43.9 Å². The van der Waals surface area contributed by atoms with E-state index in [4.69, 9.17) is 4.74 Å². The number of hydrogen-bond acceptors (Lipinski definition) is 4. The predicted octanol–water partition coefficient (Wildman–Crippen LogP) is 3.92. The van der Waals surface area contributed by atoms with Crippen LogP contribution >= 0.6 is 0 Å². The molecule has 3 rings (SSSR count). The van der Waals surface area contributed by atoms with Gasteiger partial charge in [-0.15, -0.1) is 0 Å². The van der Waals surface area contributed by atoms with E-state index >= 15 is 0 Å². The van der Waals surface area contributed by atoms with Crippen molar-refractivity contribution in [2.75, 3.05) is 13.7 Å². The Morgan fingerprint density at radius 3 is 2.61 bits per heavy atom. The lowest BCUT2D eigenvalue weighted by Gasteiger charge is -2.27. The summed E-state index contributed by atoms with van der Waals surface area (Å²) >= 11 is 0. The molecule has 1 aromatic heterocycles. The number of carbonyl (C=O) groups excluding carboxylic acids is 2. The molecule has 6 heteroatoms. The second-order valence-electron chi connectivity index (χ2n) is 9.01. The Morgan fingerprint density at radius 2 is 2.00 bits per heavy atom. The Morgan fingerprint density at radius 1 is 1.29 bits per heavy atom. The summed E-state index contributed by atoms with van der Waals surface area (Å²) in [6, 6.07) is 5.80. The molecule has 0 saturated carbocycles. The van der Waals surface area contributed by atoms with Crippen molar-refractivity contribution in [2.24, 2.45) is 11.3 Å². The third kappa shape index (κ3) is 3.77. The second kappa shape index (κ2) is 7.57. The van der Waals surface area contributed by atoms with Crippen LogP contribution in [0.1, 0.15) is 57.9 Å². The minimum atomic E-state index is -0.548. The van der Waals surface area contributed by atoms with E-state index in [0.29, 0.717) is 17.4 Å². The number of benzene rings is 1. The molecule has 1 aliphatic rings. The number of likely N-dealkylation sites (tertiary alicyclic amines) is 1. The lowest BCUT2D eigenvalue weighted by Crippen LogP contribution is -2.40. The summed E-state index contributed by atoms with van der Waals surface area (Å²) in [6.45, 7) is 10.9. The van der Waals surface area contributed by atoms with Crippen LogP contribution in [0.15, 0.2) is 18.2 Å². The number of amides is 1. The van der Waals surface area contributed by atoms with Gasteiger partial charge in [-0.05, 0) is 30.9 Å². The van der Waals surface area contributed by atoms with Gasteiger partial charge in [0.2, 0.25) is 5.91 Å². The Hall–Kier alpha value is -2.37. The zero-order valence-corrected chi connectivity index (χ0v) is 17.8. The number of ketones is 1. The van der Waals surface area contributed by atoms with E-state index in [9.17, 15) is 9.59 Å². The molecule has 1 fully saturated rings. The Balaban J connectivity index is 2.00. The maximum absolute atomic E-state index is 13.1. The third-order valence-corrected chi connectivity index (χ3v) is 5.53. The highest BCUT2D eigenvalue weighted by Gasteiger charge is 2.32. The van der Waals surface area contributed by atoms with E-state index in [1.165, 1.54) is 0 Å². The van der Waals surface area contributed by atoms with Gasteiger partial charge in [0.15, 0.2) is 5.78 Å². The highest BCUT2D eigenvalue weighted by atomic mass is 16.5. The average Bonchev–Trinajstić information content (AvgIpc) is 3.25. The molecule has 1 atom stereocenters. The van der Waals surface area contributed by atoms with Crippen molar-refractivity contribution in [3.8, 4) is 5.75 Å². The van der Waals surface area contributed by atoms with Crippen LogP contribution in [0.4, 0.5) is 0 Å². The van der Waals surface area contributed by atoms with Crippen molar-refractivity contribution < 1.29 is 14.3 Å². The van der Waals surface area contributed by atoms with E-state index in [1.54, 1.807) is 11.8 Å². The Bertz CT molecular complexity index is 892. The fraction of sp³-hybridized carbons (Fsp3) is 0.591. The minimum Gasteiger partial charge on any atom is -0.497 e. The van der Waals surface area contributed by atoms with E-state index in [0.717, 1.165) is 30.3 Å². The van der Waals surface area contributed by atoms with Crippen molar-refractivity contribution in [2.45, 2.75) is 60.0 Å². The number of aromatic nitrogens is 2. The van der Waals surface area contributed by atoms with E-state index in [-0.39, 0.29) is 24.3 Å². The van der Waals surface area contributed by atoms with E-state index in [2.05, 4.69) is 18.9 Å². The molecule has 152 valence electrons. The topological polar surface area (TPSA) is 64.4 Å². The number of nitrogens with zero attached hydrogens (tertiary/aromatic N) is 3. The molecule has 2 aromatic rings. The van der Waals surface area contributed by atoms with Gasteiger partial charge in [0, 0.05) is 29.5 Å². The van der Waals surface area contributed by atoms with Crippen molar-refractivity contribution in [1.29, 1.82) is 0 Å². The first-order valence-electron chi connectivity index (χ1n) is 10.0. The zero-order valence-electron chi connectivity index (χ0n) is 17.8. The van der Waals surface area contributed by atoms with Crippen LogP contribution in [0.25, 0.3) is 10.9 Å². The van der Waals surface area contributed by atoms with Gasteiger partial charge in [-0.25, -0.2) is 0 Å². The summed E-state index contributed by atoms with van der Waals surface area (Å²) in [4.78, 5) is 28.0. The molecule has 1 aromatic carbocycles. The molecule has 1 amide bonds. The van der Waals surface area contributed by atoms with Gasteiger partial charge in [0.05, 0.1) is 12.6 Å². The maximum Gasteiger partial charge on any atom is 0.244 e. The fourth-order valence-electron chi connectivity index (χ4n) is 3.94. The molecular weight excluding hydrogens is 354 g/mol. The summed E-state index contributed by atoms with van der Waals surface area (Å²) in [6.07, 6.45) is 2.08. The summed E-state index contributed by atoms with van der Waals surface area (Å²) < 4.78 is 7.01. The lowest BCUT2D eigenvalue weighted by molar-refractivity contribution is -0.133. The first kappa shape index (κ1) is 20.4. The smallest absolute Gasteiger partial charge is 0.244 e. The van der Waals surface area contributed by atoms with Crippen LogP contribution in [-0.2, 0) is 11.3 Å². The van der Waals surface area contributed by atoms with Gasteiger partial charge in [-0.3, -0.25) is 14.3 Å². The summed E-state index contributed by atoms with van der Waals surface area (Å²) in [5, 5.41) is 5.34. The molecule has 1 aliphatic heterocycles. The van der Waals surface area contributed by atoms with Crippen LogP contribution in [0, 0.1) is 11.3 Å². The molecule has 1 unspecified atom stereocenters. The van der Waals surface area contributed by atoms with Crippen LogP contribution in [0.2, 0.25) is 0 Å². The monoisotopic (exact) mass is 385 g/mol. The molecular formula is C22H31N3O3. The minimum absolute atomic E-state index is 0.0323. The standard InChI is InChI=1S/C22H31N3O3/c1-14(2)17-8-7-11-24(17)19(26)13-25-18-12-15(28-6)9-10-16(18)20(23-25)21(27)22(3,4)5/h9-10,12,14,17H,7-8,11,13H2,1-6H3. The number of fused-ring (bicyclic) bond motifs is 1. The summed E-state index contributed by atoms with van der Waals surface area (Å²) in [5.74, 6) is 1.13. The quantitative estimate of drug-likeness (QED) is 0.732. The second-order valence-corrected chi connectivity index (χ2v) is 9.01. The maximum atomic E-state index is 13.1. The molecule has 28 heavy (non-hydrogen) atoms. The summed E-state index contributed by atoms with van der Waals surface area (Å²) in [5.41, 5.74) is 0.619. The molecule has 0 spiro atoms. The van der Waals surface area contributed by atoms with Crippen LogP contribution in [0.5, 0.6) is 5.75 Å². The van der Waals surface area contributed by atoms with Crippen LogP contribution in [0.3, 0.4) is 0 Å². The normalized spacial score (nSPS) is 17.5. The third-order valence-electron chi connectivity index (χ3n) is 5.53. The highest BCUT2D eigenvalue weighted by molar-refractivity contribution is 6.08. The molecule has 0 N–H and O–H groups in total. The van der Waals surface area contributed by atoms with Crippen LogP contribution in [-0.4, -0.2) is 46.1 Å². The first-order chi connectivity index (χ1) is 13.1. The predicted molar refractivity (Wildman–Crippen MR) is 110 cm³/mol. The first-order valence-corrected chi connectivity index (χ1v) is 10.0. The highest BCUT2D eigenvalue weighted by Crippen LogP contribution is 2.30. The van der Waals surface area contributed by atoms with Crippen molar-refractivity contribution >= 4 is 22.6 Å². The SMILES string of the molecule is COc1ccc2c(C(=O)C(C)(C)C)nn(CC(=O)N3CCCC3C(C)C)c2c1. The lowest BCUT2D eigenvalue weighted by atomic mass is 9.88. The van der Waals surface area contributed by atoms with Crippen molar-refractivity contribution in [3.05, 3.63) is 23.9 Å². The number of carbonyl (C=O) groups is 2. The van der Waals surface area contributed by atoms with Crippen molar-refractivity contribution in [3.63, 3.8) is 0 Å². The molecule has 0 aliphatic carbocycles. The van der Waals surface area contributed by atoms with E-state index < -0.39 is 5.41 Å². The zero-order chi connectivity index (χ0) is 20.6. The van der Waals surface area contributed by atoms with Gasteiger partial charge in [0.1, 0.15) is 18.0 Å². The number of methoxy groups -OCH3 is 1. The molecule has 0 radical (unpaired) electrons. The molecule has 1 saturated heterocycles. The fourth-order valence-corrected chi connectivity index (χ4v) is 3.94. The number of rotatable bonds is 5. The number of ether oxygens (including phenoxy) is 1. The Kier molecular flexibility index (Phi) is 5.50. The Labute approximate surface area is 166 Å². The molecule has 6 nitrogen and oxygen atoms in total. The van der Waals surface area contributed by atoms with Gasteiger partial charge < -0.3 is 9.64 Å². The molecule has 0 bridgehead atoms. The van der Waals surface area contributed by atoms with Gasteiger partial charge in [0.25, 0.3) is 0 Å². The van der Waals surface area contributed by atoms with Gasteiger partial charge >= 0.3 is 0 Å². The number of hydrogen-bond donors (Lipinski definition) is 0. The van der Waals surface area contributed by atoms with Gasteiger partial charge in [-0.2, -0.15) is 5.10 Å². The largest absolute Gasteiger partial charge is 0.497 e. The van der Waals surface area contributed by atoms with Crippen molar-refractivity contribution in [1.82, 2.24) is 14.7 Å². The van der Waals surface area contributed by atoms with Gasteiger partial charge in [-0.1, -0.05) is 34.6 Å².